The van der Waals surface area contributed by atoms with Gasteiger partial charge in [-0.3, -0.25) is 0 Å². The number of hydrogen-bond acceptors (Lipinski definition) is 2. The molecule has 0 atom stereocenters. The van der Waals surface area contributed by atoms with Crippen molar-refractivity contribution in [2.45, 2.75) is 30.5 Å². The molecule has 0 N–H and O–H groups in total. The zero-order valence-corrected chi connectivity index (χ0v) is 7.98. The van der Waals surface area contributed by atoms with E-state index in [1.807, 2.05) is 24.4 Å². The third kappa shape index (κ3) is 3.42. The van der Waals surface area contributed by atoms with Crippen LogP contribution in [0.5, 0.6) is 0 Å². The van der Waals surface area contributed by atoms with Gasteiger partial charge in [-0.2, -0.15) is 0 Å². The van der Waals surface area contributed by atoms with Gasteiger partial charge < -0.3 is 0 Å². The maximum atomic E-state index is 4.23. The first kappa shape index (κ1) is 8.60. The average molecular weight is 167 g/mol. The second-order valence-electron chi connectivity index (χ2n) is 3.38. The van der Waals surface area contributed by atoms with E-state index < -0.39 is 0 Å². The van der Waals surface area contributed by atoms with Gasteiger partial charge in [0.05, 0.1) is 5.03 Å². The Kier molecular flexibility index (Phi) is 2.55. The Bertz CT molecular complexity index is 213. The maximum absolute atomic E-state index is 4.23. The van der Waals surface area contributed by atoms with E-state index in [1.54, 1.807) is 11.8 Å². The van der Waals surface area contributed by atoms with Gasteiger partial charge in [0, 0.05) is 10.9 Å². The predicted octanol–water partition coefficient (Wildman–Crippen LogP) is 2.97. The molecule has 0 aromatic carbocycles. The Morgan fingerprint density at radius 3 is 2.45 bits per heavy atom. The molecule has 60 valence electrons. The molecule has 0 aliphatic carbocycles. The van der Waals surface area contributed by atoms with Gasteiger partial charge in [-0.15, -0.1) is 11.8 Å². The highest BCUT2D eigenvalue weighted by molar-refractivity contribution is 8.00. The first-order chi connectivity index (χ1) is 5.08. The maximum Gasteiger partial charge on any atom is 0.0964 e. The Balaban J connectivity index is 2.66. The minimum Gasteiger partial charge on any atom is -0.250 e. The van der Waals surface area contributed by atoms with E-state index in [-0.39, 0.29) is 4.75 Å². The fourth-order valence-electron chi connectivity index (χ4n) is 0.721. The quantitative estimate of drug-likeness (QED) is 0.596. The predicted molar refractivity (Wildman–Crippen MR) is 49.8 cm³/mol. The highest BCUT2D eigenvalue weighted by Gasteiger charge is 2.11. The van der Waals surface area contributed by atoms with Crippen LogP contribution in [0.2, 0.25) is 0 Å². The average Bonchev–Trinajstić information content (AvgIpc) is 1.85. The van der Waals surface area contributed by atoms with Crippen LogP contribution in [-0.2, 0) is 0 Å². The van der Waals surface area contributed by atoms with Gasteiger partial charge in [-0.1, -0.05) is 26.8 Å². The van der Waals surface area contributed by atoms with Crippen molar-refractivity contribution >= 4 is 11.8 Å². The van der Waals surface area contributed by atoms with Crippen molar-refractivity contribution in [3.63, 3.8) is 0 Å². The lowest BCUT2D eigenvalue weighted by molar-refractivity contribution is 0.799. The molecular weight excluding hydrogens is 154 g/mol. The largest absolute Gasteiger partial charge is 0.250 e. The molecule has 0 amide bonds. The van der Waals surface area contributed by atoms with Crippen LogP contribution in [0.25, 0.3) is 0 Å². The SMILES string of the molecule is CC(C)(C)Sc1ccccn1. The van der Waals surface area contributed by atoms with Gasteiger partial charge in [0.15, 0.2) is 0 Å². The summed E-state index contributed by atoms with van der Waals surface area (Å²) >= 11 is 1.79. The zero-order valence-electron chi connectivity index (χ0n) is 7.16. The number of aromatic nitrogens is 1. The normalized spacial score (nSPS) is 11.5. The molecule has 0 spiro atoms. The van der Waals surface area contributed by atoms with Gasteiger partial charge in [0.25, 0.3) is 0 Å². The molecule has 2 heteroatoms. The fourth-order valence-corrected chi connectivity index (χ4v) is 1.61. The van der Waals surface area contributed by atoms with E-state index >= 15 is 0 Å². The molecule has 0 fully saturated rings. The van der Waals surface area contributed by atoms with Crippen LogP contribution in [-0.4, -0.2) is 9.73 Å². The number of nitrogens with zero attached hydrogens (tertiary/aromatic N) is 1. The Morgan fingerprint density at radius 1 is 1.27 bits per heavy atom. The van der Waals surface area contributed by atoms with Gasteiger partial charge in [0.2, 0.25) is 0 Å². The highest BCUT2D eigenvalue weighted by atomic mass is 32.2. The van der Waals surface area contributed by atoms with Gasteiger partial charge in [-0.25, -0.2) is 4.98 Å². The first-order valence-corrected chi connectivity index (χ1v) is 4.50. The molecule has 1 nitrogen and oxygen atoms in total. The summed E-state index contributed by atoms with van der Waals surface area (Å²) in [6, 6.07) is 5.99. The standard InChI is InChI=1S/C9H13NS/c1-9(2,3)11-8-6-4-5-7-10-8/h4-7H,1-3H3. The van der Waals surface area contributed by atoms with Crippen molar-refractivity contribution in [3.8, 4) is 0 Å². The van der Waals surface area contributed by atoms with Gasteiger partial charge in [0.1, 0.15) is 0 Å². The van der Waals surface area contributed by atoms with E-state index in [2.05, 4.69) is 25.8 Å². The molecule has 0 saturated heterocycles. The van der Waals surface area contributed by atoms with Crippen LogP contribution in [0.3, 0.4) is 0 Å². The Hall–Kier alpha value is -0.500. The molecule has 0 bridgehead atoms. The first-order valence-electron chi connectivity index (χ1n) is 3.68. The lowest BCUT2D eigenvalue weighted by Gasteiger charge is -2.15. The summed E-state index contributed by atoms with van der Waals surface area (Å²) in [5.41, 5.74) is 0. The summed E-state index contributed by atoms with van der Waals surface area (Å²) in [4.78, 5) is 4.23. The zero-order chi connectivity index (χ0) is 8.32. The van der Waals surface area contributed by atoms with E-state index in [4.69, 9.17) is 0 Å². The molecule has 0 radical (unpaired) electrons. The smallest absolute Gasteiger partial charge is 0.0964 e. The van der Waals surface area contributed by atoms with Crippen molar-refractivity contribution in [2.24, 2.45) is 0 Å². The molecule has 0 saturated carbocycles. The molecule has 0 aliphatic rings. The van der Waals surface area contributed by atoms with Crippen LogP contribution in [0.4, 0.5) is 0 Å². The monoisotopic (exact) mass is 167 g/mol. The molecular formula is C9H13NS. The van der Waals surface area contributed by atoms with Crippen LogP contribution < -0.4 is 0 Å². The van der Waals surface area contributed by atoms with Crippen molar-refractivity contribution in [1.29, 1.82) is 0 Å². The van der Waals surface area contributed by atoms with Crippen molar-refractivity contribution in [3.05, 3.63) is 24.4 Å². The van der Waals surface area contributed by atoms with E-state index in [0.717, 1.165) is 5.03 Å². The van der Waals surface area contributed by atoms with Gasteiger partial charge >= 0.3 is 0 Å². The molecule has 1 aromatic heterocycles. The second kappa shape index (κ2) is 3.26. The molecule has 11 heavy (non-hydrogen) atoms. The molecule has 0 unspecified atom stereocenters. The third-order valence-corrected chi connectivity index (χ3v) is 2.11. The summed E-state index contributed by atoms with van der Waals surface area (Å²) in [5.74, 6) is 0. The lowest BCUT2D eigenvalue weighted by atomic mass is 10.3. The highest BCUT2D eigenvalue weighted by Crippen LogP contribution is 2.29. The van der Waals surface area contributed by atoms with Gasteiger partial charge in [-0.05, 0) is 12.1 Å². The number of hydrogen-bond donors (Lipinski definition) is 0. The summed E-state index contributed by atoms with van der Waals surface area (Å²) < 4.78 is 0.258. The Morgan fingerprint density at radius 2 is 2.00 bits per heavy atom. The van der Waals surface area contributed by atoms with E-state index in [9.17, 15) is 0 Å². The molecule has 1 heterocycles. The molecule has 0 aliphatic heterocycles. The van der Waals surface area contributed by atoms with Crippen molar-refractivity contribution in [1.82, 2.24) is 4.98 Å². The minimum atomic E-state index is 0.258. The number of rotatable bonds is 1. The number of pyridine rings is 1. The second-order valence-corrected chi connectivity index (χ2v) is 5.23. The van der Waals surface area contributed by atoms with Crippen LogP contribution >= 0.6 is 11.8 Å². The fraction of sp³-hybridized carbons (Fsp3) is 0.444. The van der Waals surface area contributed by atoms with Crippen LogP contribution in [0, 0.1) is 0 Å². The molecule has 1 rings (SSSR count). The lowest BCUT2D eigenvalue weighted by Crippen LogP contribution is -2.06. The topological polar surface area (TPSA) is 12.9 Å². The van der Waals surface area contributed by atoms with Crippen LogP contribution in [0.1, 0.15) is 20.8 Å². The van der Waals surface area contributed by atoms with Crippen molar-refractivity contribution in [2.75, 3.05) is 0 Å². The Labute approximate surface area is 72.2 Å². The van der Waals surface area contributed by atoms with E-state index in [1.165, 1.54) is 0 Å². The van der Waals surface area contributed by atoms with E-state index in [0.29, 0.717) is 0 Å². The summed E-state index contributed by atoms with van der Waals surface area (Å²) in [7, 11) is 0. The number of thioether (sulfide) groups is 1. The minimum absolute atomic E-state index is 0.258. The summed E-state index contributed by atoms with van der Waals surface area (Å²) in [6.45, 7) is 6.56. The summed E-state index contributed by atoms with van der Waals surface area (Å²) in [6.07, 6.45) is 1.83. The van der Waals surface area contributed by atoms with Crippen molar-refractivity contribution < 1.29 is 0 Å². The molecule has 1 aromatic rings. The van der Waals surface area contributed by atoms with Crippen LogP contribution in [0.15, 0.2) is 29.4 Å². The third-order valence-electron chi connectivity index (χ3n) is 1.05. The summed E-state index contributed by atoms with van der Waals surface area (Å²) in [5, 5.41) is 1.10.